The fourth-order valence-corrected chi connectivity index (χ4v) is 5.13. The van der Waals surface area contributed by atoms with E-state index >= 15 is 0 Å². The van der Waals surface area contributed by atoms with E-state index in [2.05, 4.69) is 22.4 Å². The van der Waals surface area contributed by atoms with Crippen LogP contribution in [0.4, 0.5) is 0 Å². The maximum Gasteiger partial charge on any atom is 0.251 e. The van der Waals surface area contributed by atoms with Crippen molar-refractivity contribution in [3.8, 4) is 11.1 Å². The summed E-state index contributed by atoms with van der Waals surface area (Å²) in [5.74, 6) is 0.0669. The molecule has 6 heteroatoms. The van der Waals surface area contributed by atoms with Crippen LogP contribution in [0.2, 0.25) is 0 Å². The molecule has 0 radical (unpaired) electrons. The first-order valence-corrected chi connectivity index (χ1v) is 12.2. The van der Waals surface area contributed by atoms with Crippen molar-refractivity contribution < 1.29 is 14.3 Å². The van der Waals surface area contributed by atoms with Gasteiger partial charge >= 0.3 is 0 Å². The summed E-state index contributed by atoms with van der Waals surface area (Å²) in [6, 6.07) is 12.2. The smallest absolute Gasteiger partial charge is 0.251 e. The number of piperidine rings is 1. The number of hydrogen-bond donors (Lipinski definition) is 1. The van der Waals surface area contributed by atoms with Gasteiger partial charge in [-0.05, 0) is 69.6 Å². The van der Waals surface area contributed by atoms with Crippen molar-refractivity contribution in [2.45, 2.75) is 64.5 Å². The third kappa shape index (κ3) is 5.44. The summed E-state index contributed by atoms with van der Waals surface area (Å²) in [6.07, 6.45) is 8.18. The van der Waals surface area contributed by atoms with E-state index in [1.807, 2.05) is 49.2 Å². The van der Waals surface area contributed by atoms with Crippen LogP contribution in [0.3, 0.4) is 0 Å². The molecule has 0 aliphatic carbocycles. The minimum atomic E-state index is -0.675. The molecule has 4 rings (SSSR count). The van der Waals surface area contributed by atoms with Crippen molar-refractivity contribution in [2.24, 2.45) is 5.41 Å². The van der Waals surface area contributed by atoms with Crippen LogP contribution < -0.4 is 5.32 Å². The topological polar surface area (TPSA) is 71.5 Å². The van der Waals surface area contributed by atoms with Gasteiger partial charge in [-0.2, -0.15) is 0 Å². The van der Waals surface area contributed by atoms with E-state index < -0.39 is 5.41 Å². The molecule has 1 aromatic heterocycles. The predicted octanol–water partition coefficient (Wildman–Crippen LogP) is 3.99. The van der Waals surface area contributed by atoms with Gasteiger partial charge < -0.3 is 15.0 Å². The highest BCUT2D eigenvalue weighted by Crippen LogP contribution is 2.38. The van der Waals surface area contributed by atoms with Gasteiger partial charge in [-0.3, -0.25) is 14.6 Å². The SMILES string of the molecule is CC(C)NC(=O)[C@@]1(Cc2ccccc2-c2cccnc2)CCCN(C(=O)[C@@H]2CCCCO2)C1. The van der Waals surface area contributed by atoms with Crippen molar-refractivity contribution in [2.75, 3.05) is 19.7 Å². The number of amides is 2. The van der Waals surface area contributed by atoms with Gasteiger partial charge in [0, 0.05) is 43.7 Å². The molecule has 2 aliphatic heterocycles. The lowest BCUT2D eigenvalue weighted by atomic mass is 9.73. The summed E-state index contributed by atoms with van der Waals surface area (Å²) in [5.41, 5.74) is 2.55. The molecule has 2 aromatic rings. The first-order valence-electron chi connectivity index (χ1n) is 12.2. The van der Waals surface area contributed by atoms with Crippen LogP contribution in [0.5, 0.6) is 0 Å². The summed E-state index contributed by atoms with van der Waals surface area (Å²) in [4.78, 5) is 33.1. The molecule has 0 bridgehead atoms. The number of likely N-dealkylation sites (tertiary alicyclic amines) is 1. The number of nitrogens with one attached hydrogen (secondary N) is 1. The van der Waals surface area contributed by atoms with Gasteiger partial charge in [-0.15, -0.1) is 0 Å². The van der Waals surface area contributed by atoms with E-state index in [9.17, 15) is 9.59 Å². The number of pyridine rings is 1. The van der Waals surface area contributed by atoms with Crippen LogP contribution in [-0.4, -0.2) is 53.5 Å². The lowest BCUT2D eigenvalue weighted by Gasteiger charge is -2.43. The molecule has 1 N–H and O–H groups in total. The Morgan fingerprint density at radius 3 is 2.76 bits per heavy atom. The summed E-state index contributed by atoms with van der Waals surface area (Å²) in [5, 5.41) is 3.15. The number of aromatic nitrogens is 1. The number of benzene rings is 1. The molecule has 2 atom stereocenters. The summed E-state index contributed by atoms with van der Waals surface area (Å²) in [7, 11) is 0. The zero-order valence-corrected chi connectivity index (χ0v) is 19.8. The highest BCUT2D eigenvalue weighted by molar-refractivity contribution is 5.86. The van der Waals surface area contributed by atoms with Gasteiger partial charge in [-0.1, -0.05) is 30.3 Å². The third-order valence-corrected chi connectivity index (χ3v) is 6.76. The van der Waals surface area contributed by atoms with Crippen molar-refractivity contribution in [1.29, 1.82) is 0 Å². The number of rotatable bonds is 6. The molecule has 33 heavy (non-hydrogen) atoms. The second kappa shape index (κ2) is 10.5. The Balaban J connectivity index is 1.64. The first-order chi connectivity index (χ1) is 16.0. The summed E-state index contributed by atoms with van der Waals surface area (Å²) in [6.45, 7) is 5.71. The Morgan fingerprint density at radius 2 is 2.03 bits per heavy atom. The lowest BCUT2D eigenvalue weighted by Crippen LogP contribution is -2.57. The molecule has 176 valence electrons. The van der Waals surface area contributed by atoms with Gasteiger partial charge in [0.25, 0.3) is 5.91 Å². The van der Waals surface area contributed by atoms with Crippen LogP contribution in [-0.2, 0) is 20.7 Å². The van der Waals surface area contributed by atoms with Gasteiger partial charge in [0.05, 0.1) is 5.41 Å². The molecule has 2 fully saturated rings. The molecule has 0 spiro atoms. The molecule has 1 aromatic carbocycles. The maximum atomic E-state index is 13.6. The molecule has 6 nitrogen and oxygen atoms in total. The standard InChI is InChI=1S/C27H35N3O3/c1-20(2)29-26(32)27(13-8-15-30(19-27)25(31)24-12-5-6-16-33-24)17-21-9-3-4-11-23(21)22-10-7-14-28-18-22/h3-4,7,9-11,14,18,20,24H,5-6,8,12-13,15-17,19H2,1-2H3,(H,29,32)/t24-,27+/m0/s1. The van der Waals surface area contributed by atoms with Crippen LogP contribution in [0.1, 0.15) is 51.5 Å². The summed E-state index contributed by atoms with van der Waals surface area (Å²) < 4.78 is 5.78. The van der Waals surface area contributed by atoms with Gasteiger partial charge in [0.1, 0.15) is 6.10 Å². The summed E-state index contributed by atoms with van der Waals surface area (Å²) >= 11 is 0. The second-order valence-corrected chi connectivity index (χ2v) is 9.70. The molecular weight excluding hydrogens is 414 g/mol. The fraction of sp³-hybridized carbons (Fsp3) is 0.519. The molecule has 2 aliphatic rings. The fourth-order valence-electron chi connectivity index (χ4n) is 5.13. The van der Waals surface area contributed by atoms with E-state index in [-0.39, 0.29) is 24.0 Å². The third-order valence-electron chi connectivity index (χ3n) is 6.76. The van der Waals surface area contributed by atoms with Crippen molar-refractivity contribution in [3.63, 3.8) is 0 Å². The van der Waals surface area contributed by atoms with Crippen molar-refractivity contribution >= 4 is 11.8 Å². The van der Waals surface area contributed by atoms with E-state index in [1.165, 1.54) is 0 Å². The normalized spacial score (nSPS) is 23.4. The molecule has 2 amide bonds. The first kappa shape index (κ1) is 23.4. The number of hydrogen-bond acceptors (Lipinski definition) is 4. The Kier molecular flexibility index (Phi) is 7.43. The van der Waals surface area contributed by atoms with E-state index in [0.717, 1.165) is 48.8 Å². The highest BCUT2D eigenvalue weighted by Gasteiger charge is 2.45. The number of nitrogens with zero attached hydrogens (tertiary/aromatic N) is 2. The molecule has 3 heterocycles. The monoisotopic (exact) mass is 449 g/mol. The predicted molar refractivity (Wildman–Crippen MR) is 128 cm³/mol. The quantitative estimate of drug-likeness (QED) is 0.724. The Labute approximate surface area is 196 Å². The minimum Gasteiger partial charge on any atom is -0.368 e. The molecular formula is C27H35N3O3. The average Bonchev–Trinajstić information content (AvgIpc) is 2.85. The molecule has 2 saturated heterocycles. The van der Waals surface area contributed by atoms with Gasteiger partial charge in [0.2, 0.25) is 5.91 Å². The number of carbonyl (C=O) groups is 2. The van der Waals surface area contributed by atoms with Crippen molar-refractivity contribution in [3.05, 3.63) is 54.4 Å². The number of carbonyl (C=O) groups excluding carboxylic acids is 2. The van der Waals surface area contributed by atoms with E-state index in [4.69, 9.17) is 4.74 Å². The van der Waals surface area contributed by atoms with Gasteiger partial charge in [-0.25, -0.2) is 0 Å². The van der Waals surface area contributed by atoms with Gasteiger partial charge in [0.15, 0.2) is 0 Å². The second-order valence-electron chi connectivity index (χ2n) is 9.70. The Hall–Kier alpha value is -2.73. The largest absolute Gasteiger partial charge is 0.368 e. The Morgan fingerprint density at radius 1 is 1.18 bits per heavy atom. The maximum absolute atomic E-state index is 13.6. The number of ether oxygens (including phenoxy) is 1. The van der Waals surface area contributed by atoms with Crippen molar-refractivity contribution in [1.82, 2.24) is 15.2 Å². The molecule has 0 unspecified atom stereocenters. The zero-order valence-electron chi connectivity index (χ0n) is 19.8. The Bertz CT molecular complexity index is 956. The van der Waals surface area contributed by atoms with Crippen LogP contribution in [0, 0.1) is 5.41 Å². The van der Waals surface area contributed by atoms with Crippen LogP contribution >= 0.6 is 0 Å². The zero-order chi connectivity index (χ0) is 23.3. The minimum absolute atomic E-state index is 0.0283. The highest BCUT2D eigenvalue weighted by atomic mass is 16.5. The van der Waals surface area contributed by atoms with Crippen LogP contribution in [0.15, 0.2) is 48.8 Å². The van der Waals surface area contributed by atoms with E-state index in [1.54, 1.807) is 6.20 Å². The molecule has 0 saturated carbocycles. The van der Waals surface area contributed by atoms with E-state index in [0.29, 0.717) is 26.1 Å². The lowest BCUT2D eigenvalue weighted by molar-refractivity contribution is -0.152. The van der Waals surface area contributed by atoms with Crippen LogP contribution in [0.25, 0.3) is 11.1 Å². The average molecular weight is 450 g/mol.